The van der Waals surface area contributed by atoms with Gasteiger partial charge in [-0.25, -0.2) is 0 Å². The monoisotopic (exact) mass is 298 g/mol. The Hall–Kier alpha value is -1.03. The molecular formula is C13H19BrN2O. The van der Waals surface area contributed by atoms with Crippen molar-refractivity contribution in [2.75, 3.05) is 5.32 Å². The van der Waals surface area contributed by atoms with E-state index in [9.17, 15) is 4.79 Å². The molecule has 0 aliphatic rings. The molecule has 0 bridgehead atoms. The summed E-state index contributed by atoms with van der Waals surface area (Å²) in [5.74, 6) is -0.0230. The average molecular weight is 299 g/mol. The van der Waals surface area contributed by atoms with Crippen molar-refractivity contribution in [1.29, 1.82) is 0 Å². The maximum absolute atomic E-state index is 11.5. The van der Waals surface area contributed by atoms with Crippen LogP contribution >= 0.6 is 15.9 Å². The van der Waals surface area contributed by atoms with E-state index in [1.807, 2.05) is 24.3 Å². The van der Waals surface area contributed by atoms with Gasteiger partial charge in [-0.1, -0.05) is 48.7 Å². The second-order valence-corrected chi connectivity index (χ2v) is 5.03. The summed E-state index contributed by atoms with van der Waals surface area (Å²) in [4.78, 5) is 11.5. The second kappa shape index (κ2) is 6.64. The number of benzene rings is 1. The van der Waals surface area contributed by atoms with E-state index in [4.69, 9.17) is 5.73 Å². The van der Waals surface area contributed by atoms with Crippen LogP contribution in [0.5, 0.6) is 0 Å². The highest BCUT2D eigenvalue weighted by atomic mass is 79.9. The average Bonchev–Trinajstić information content (AvgIpc) is 2.29. The molecule has 0 aromatic heterocycles. The van der Waals surface area contributed by atoms with Gasteiger partial charge in [-0.2, -0.15) is 0 Å². The van der Waals surface area contributed by atoms with Crippen molar-refractivity contribution >= 4 is 27.5 Å². The molecule has 3 N–H and O–H groups in total. The van der Waals surface area contributed by atoms with Crippen LogP contribution in [-0.2, 0) is 4.79 Å². The fourth-order valence-corrected chi connectivity index (χ4v) is 2.34. The molecular weight excluding hydrogens is 280 g/mol. The van der Waals surface area contributed by atoms with Crippen molar-refractivity contribution in [3.05, 3.63) is 28.7 Å². The molecule has 0 radical (unpaired) electrons. The maximum atomic E-state index is 11.5. The molecule has 1 atom stereocenters. The van der Waals surface area contributed by atoms with Gasteiger partial charge in [0.2, 0.25) is 5.91 Å². The molecule has 1 aromatic rings. The van der Waals surface area contributed by atoms with Crippen LogP contribution in [0.1, 0.15) is 26.7 Å². The predicted molar refractivity (Wildman–Crippen MR) is 74.8 cm³/mol. The molecule has 0 aliphatic carbocycles. The number of primary amides is 1. The molecule has 1 rings (SSSR count). The first-order valence-electron chi connectivity index (χ1n) is 5.89. The van der Waals surface area contributed by atoms with Gasteiger partial charge in [-0.15, -0.1) is 0 Å². The van der Waals surface area contributed by atoms with E-state index < -0.39 is 0 Å². The number of nitrogens with one attached hydrogen (secondary N) is 1. The Labute approximate surface area is 111 Å². The van der Waals surface area contributed by atoms with E-state index in [1.165, 1.54) is 0 Å². The van der Waals surface area contributed by atoms with Gasteiger partial charge in [0.15, 0.2) is 0 Å². The Morgan fingerprint density at radius 1 is 1.41 bits per heavy atom. The quantitative estimate of drug-likeness (QED) is 0.848. The zero-order chi connectivity index (χ0) is 12.8. The fourth-order valence-electron chi connectivity index (χ4n) is 1.94. The lowest BCUT2D eigenvalue weighted by Crippen LogP contribution is -2.41. The SMILES string of the molecule is CCC(CC)C(Nc1cccc(Br)c1)C(N)=O. The molecule has 94 valence electrons. The number of hydrogen-bond donors (Lipinski definition) is 2. The number of carbonyl (C=O) groups excluding carboxylic acids is 1. The van der Waals surface area contributed by atoms with Gasteiger partial charge in [0.25, 0.3) is 0 Å². The van der Waals surface area contributed by atoms with Crippen LogP contribution in [0.3, 0.4) is 0 Å². The third-order valence-corrected chi connectivity index (χ3v) is 3.47. The smallest absolute Gasteiger partial charge is 0.240 e. The zero-order valence-corrected chi connectivity index (χ0v) is 11.8. The predicted octanol–water partition coefficient (Wildman–Crippen LogP) is 3.15. The molecule has 4 heteroatoms. The highest BCUT2D eigenvalue weighted by molar-refractivity contribution is 9.10. The first-order valence-corrected chi connectivity index (χ1v) is 6.69. The number of nitrogens with two attached hydrogens (primary N) is 1. The Bertz CT molecular complexity index is 377. The summed E-state index contributed by atoms with van der Waals surface area (Å²) < 4.78 is 0.982. The number of halogens is 1. The summed E-state index contributed by atoms with van der Waals surface area (Å²) in [5, 5.41) is 3.22. The first kappa shape index (κ1) is 14.0. The van der Waals surface area contributed by atoms with Crippen molar-refractivity contribution in [2.45, 2.75) is 32.7 Å². The van der Waals surface area contributed by atoms with E-state index in [2.05, 4.69) is 35.1 Å². The van der Waals surface area contributed by atoms with Crippen molar-refractivity contribution < 1.29 is 4.79 Å². The molecule has 1 aromatic carbocycles. The summed E-state index contributed by atoms with van der Waals surface area (Å²) in [5.41, 5.74) is 6.37. The summed E-state index contributed by atoms with van der Waals surface area (Å²) in [6, 6.07) is 7.44. The van der Waals surface area contributed by atoms with Crippen LogP contribution in [0.15, 0.2) is 28.7 Å². The van der Waals surface area contributed by atoms with Crippen LogP contribution in [0.2, 0.25) is 0 Å². The molecule has 0 spiro atoms. The van der Waals surface area contributed by atoms with Crippen LogP contribution in [-0.4, -0.2) is 11.9 Å². The molecule has 0 saturated carbocycles. The van der Waals surface area contributed by atoms with Crippen molar-refractivity contribution in [1.82, 2.24) is 0 Å². The van der Waals surface area contributed by atoms with E-state index in [-0.39, 0.29) is 17.9 Å². The molecule has 0 fully saturated rings. The van der Waals surface area contributed by atoms with Crippen LogP contribution in [0.4, 0.5) is 5.69 Å². The van der Waals surface area contributed by atoms with Gasteiger partial charge in [-0.3, -0.25) is 4.79 Å². The van der Waals surface area contributed by atoms with Gasteiger partial charge >= 0.3 is 0 Å². The minimum Gasteiger partial charge on any atom is -0.373 e. The second-order valence-electron chi connectivity index (χ2n) is 4.11. The molecule has 0 saturated heterocycles. The van der Waals surface area contributed by atoms with E-state index in [0.717, 1.165) is 23.0 Å². The molecule has 3 nitrogen and oxygen atoms in total. The topological polar surface area (TPSA) is 55.1 Å². The number of anilines is 1. The standard InChI is InChI=1S/C13H19BrN2O/c1-3-9(4-2)12(13(15)17)16-11-7-5-6-10(14)8-11/h5-9,12,16H,3-4H2,1-2H3,(H2,15,17). The minimum atomic E-state index is -0.306. The zero-order valence-electron chi connectivity index (χ0n) is 10.2. The highest BCUT2D eigenvalue weighted by Crippen LogP contribution is 2.21. The van der Waals surface area contributed by atoms with Crippen molar-refractivity contribution in [3.63, 3.8) is 0 Å². The van der Waals surface area contributed by atoms with E-state index in [0.29, 0.717) is 0 Å². The van der Waals surface area contributed by atoms with Crippen molar-refractivity contribution in [2.24, 2.45) is 11.7 Å². The van der Waals surface area contributed by atoms with Crippen LogP contribution in [0.25, 0.3) is 0 Å². The largest absolute Gasteiger partial charge is 0.373 e. The number of rotatable bonds is 6. The lowest BCUT2D eigenvalue weighted by Gasteiger charge is -2.24. The maximum Gasteiger partial charge on any atom is 0.240 e. The third kappa shape index (κ3) is 4.04. The minimum absolute atomic E-state index is 0.270. The summed E-state index contributed by atoms with van der Waals surface area (Å²) in [7, 11) is 0. The fraction of sp³-hybridized carbons (Fsp3) is 0.462. The lowest BCUT2D eigenvalue weighted by molar-refractivity contribution is -0.119. The third-order valence-electron chi connectivity index (χ3n) is 2.97. The van der Waals surface area contributed by atoms with Gasteiger partial charge in [0, 0.05) is 10.2 Å². The normalized spacial score (nSPS) is 12.5. The summed E-state index contributed by atoms with van der Waals surface area (Å²) in [6.45, 7) is 4.15. The Morgan fingerprint density at radius 2 is 2.06 bits per heavy atom. The van der Waals surface area contributed by atoms with Gasteiger partial charge < -0.3 is 11.1 Å². The number of amides is 1. The lowest BCUT2D eigenvalue weighted by atomic mass is 9.93. The highest BCUT2D eigenvalue weighted by Gasteiger charge is 2.23. The van der Waals surface area contributed by atoms with Crippen LogP contribution < -0.4 is 11.1 Å². The van der Waals surface area contributed by atoms with Crippen molar-refractivity contribution in [3.8, 4) is 0 Å². The summed E-state index contributed by atoms with van der Waals surface area (Å²) in [6.07, 6.45) is 1.87. The number of hydrogen-bond acceptors (Lipinski definition) is 2. The van der Waals surface area contributed by atoms with Crippen LogP contribution in [0, 0.1) is 5.92 Å². The van der Waals surface area contributed by atoms with Gasteiger partial charge in [0.1, 0.15) is 6.04 Å². The Balaban J connectivity index is 2.83. The van der Waals surface area contributed by atoms with Gasteiger partial charge in [-0.05, 0) is 24.1 Å². The Kier molecular flexibility index (Phi) is 5.48. The summed E-state index contributed by atoms with van der Waals surface area (Å²) >= 11 is 3.40. The molecule has 0 aliphatic heterocycles. The molecule has 1 unspecified atom stereocenters. The van der Waals surface area contributed by atoms with Gasteiger partial charge in [0.05, 0.1) is 0 Å². The first-order chi connectivity index (χ1) is 8.08. The van der Waals surface area contributed by atoms with E-state index in [1.54, 1.807) is 0 Å². The molecule has 1 amide bonds. The Morgan fingerprint density at radius 3 is 2.53 bits per heavy atom. The van der Waals surface area contributed by atoms with E-state index >= 15 is 0 Å². The molecule has 0 heterocycles. The molecule has 17 heavy (non-hydrogen) atoms. The number of carbonyl (C=O) groups is 1.